The summed E-state index contributed by atoms with van der Waals surface area (Å²) in [5.41, 5.74) is 5.05. The van der Waals surface area contributed by atoms with E-state index >= 15 is 0 Å². The van der Waals surface area contributed by atoms with Gasteiger partial charge >= 0.3 is 0 Å². The zero-order valence-electron chi connectivity index (χ0n) is 21.2. The van der Waals surface area contributed by atoms with Gasteiger partial charge in [0.05, 0.1) is 24.2 Å². The first-order valence-electron chi connectivity index (χ1n) is 11.7. The average molecular weight is 557 g/mol. The molecule has 2 N–H and O–H groups in total. The van der Waals surface area contributed by atoms with Crippen molar-refractivity contribution in [2.45, 2.75) is 19.9 Å². The minimum absolute atomic E-state index is 0.135. The predicted molar refractivity (Wildman–Crippen MR) is 149 cm³/mol. The monoisotopic (exact) mass is 556 g/mol. The lowest BCUT2D eigenvalue weighted by molar-refractivity contribution is -0.123. The van der Waals surface area contributed by atoms with E-state index in [9.17, 15) is 18.0 Å². The molecule has 0 spiro atoms. The first-order chi connectivity index (χ1) is 18.0. The van der Waals surface area contributed by atoms with Crippen LogP contribution >= 0.6 is 11.6 Å². The number of amides is 2. The Morgan fingerprint density at radius 3 is 2.37 bits per heavy atom. The first kappa shape index (κ1) is 28.7. The van der Waals surface area contributed by atoms with Crippen LogP contribution in [0.4, 0.5) is 5.69 Å². The minimum atomic E-state index is -3.74. The van der Waals surface area contributed by atoms with Crippen LogP contribution in [0.25, 0.3) is 0 Å². The van der Waals surface area contributed by atoms with Crippen molar-refractivity contribution in [3.05, 3.63) is 94.5 Å². The lowest BCUT2D eigenvalue weighted by Gasteiger charge is -2.21. The summed E-state index contributed by atoms with van der Waals surface area (Å²) in [7, 11) is -3.74. The molecule has 3 aromatic rings. The van der Waals surface area contributed by atoms with Gasteiger partial charge in [-0.2, -0.15) is 5.10 Å². The van der Waals surface area contributed by atoms with Gasteiger partial charge in [0.1, 0.15) is 12.3 Å². The molecule has 0 saturated carbocycles. The number of benzene rings is 3. The predicted octanol–water partition coefficient (Wildman–Crippen LogP) is 3.82. The minimum Gasteiger partial charge on any atom is -0.484 e. The van der Waals surface area contributed by atoms with Crippen LogP contribution in [-0.2, 0) is 19.6 Å². The molecule has 0 aliphatic carbocycles. The maximum Gasteiger partial charge on any atom is 0.260 e. The highest BCUT2D eigenvalue weighted by molar-refractivity contribution is 7.92. The number of ether oxygens (including phenoxy) is 1. The van der Waals surface area contributed by atoms with Gasteiger partial charge in [-0.05, 0) is 66.9 Å². The number of sulfonamides is 1. The molecule has 0 unspecified atom stereocenters. The number of hydrogen-bond donors (Lipinski definition) is 2. The summed E-state index contributed by atoms with van der Waals surface area (Å²) in [6.45, 7) is 3.09. The van der Waals surface area contributed by atoms with Gasteiger partial charge in [0, 0.05) is 5.02 Å². The molecule has 3 rings (SSSR count). The van der Waals surface area contributed by atoms with Crippen LogP contribution < -0.4 is 19.8 Å². The van der Waals surface area contributed by atoms with Gasteiger partial charge in [-0.25, -0.2) is 13.8 Å². The Morgan fingerprint density at radius 2 is 1.74 bits per heavy atom. The van der Waals surface area contributed by atoms with Crippen molar-refractivity contribution < 1.29 is 22.7 Å². The molecule has 0 aliphatic rings. The fourth-order valence-corrected chi connectivity index (χ4v) is 4.41. The van der Waals surface area contributed by atoms with Gasteiger partial charge < -0.3 is 10.1 Å². The molecule has 0 aromatic heterocycles. The van der Waals surface area contributed by atoms with Gasteiger partial charge in [0.25, 0.3) is 11.8 Å². The van der Waals surface area contributed by atoms with Gasteiger partial charge in [0.2, 0.25) is 10.0 Å². The largest absolute Gasteiger partial charge is 0.484 e. The Bertz CT molecular complexity index is 1400. The number of halogens is 1. The van der Waals surface area contributed by atoms with Crippen LogP contribution in [0.1, 0.15) is 29.7 Å². The van der Waals surface area contributed by atoms with E-state index in [4.69, 9.17) is 16.3 Å². The normalized spacial score (nSPS) is 12.1. The van der Waals surface area contributed by atoms with Crippen molar-refractivity contribution >= 4 is 45.3 Å². The van der Waals surface area contributed by atoms with Gasteiger partial charge in [-0.15, -0.1) is 0 Å². The third kappa shape index (κ3) is 8.60. The lowest BCUT2D eigenvalue weighted by atomic mass is 10.1. The van der Waals surface area contributed by atoms with Crippen molar-refractivity contribution in [3.8, 4) is 5.75 Å². The van der Waals surface area contributed by atoms with Crippen LogP contribution in [-0.4, -0.2) is 45.9 Å². The Balaban J connectivity index is 1.49. The highest BCUT2D eigenvalue weighted by Crippen LogP contribution is 2.24. The third-order valence-electron chi connectivity index (χ3n) is 5.46. The molecular weight excluding hydrogens is 528 g/mol. The van der Waals surface area contributed by atoms with Crippen molar-refractivity contribution in [3.63, 3.8) is 0 Å². The van der Waals surface area contributed by atoms with Crippen molar-refractivity contribution in [2.24, 2.45) is 5.10 Å². The average Bonchev–Trinajstić information content (AvgIpc) is 2.88. The molecular formula is C27H29ClN4O5S. The van der Waals surface area contributed by atoms with E-state index in [2.05, 4.69) is 15.8 Å². The lowest BCUT2D eigenvalue weighted by Crippen LogP contribution is -2.39. The Labute approximate surface area is 227 Å². The molecule has 2 amide bonds. The van der Waals surface area contributed by atoms with E-state index in [1.165, 1.54) is 12.3 Å². The molecule has 0 aliphatic heterocycles. The second kappa shape index (κ2) is 13.1. The SMILES string of the molecule is Cc1ccc(N(CC(=O)N/N=C\c2ccc(OCC(=O)N[C@H](C)c3ccccc3)cc2)S(C)(=O)=O)cc1Cl. The molecule has 0 fully saturated rings. The highest BCUT2D eigenvalue weighted by Gasteiger charge is 2.21. The summed E-state index contributed by atoms with van der Waals surface area (Å²) < 4.78 is 31.0. The Hall–Kier alpha value is -3.89. The molecule has 11 heteroatoms. The van der Waals surface area contributed by atoms with E-state index in [0.717, 1.165) is 21.7 Å². The van der Waals surface area contributed by atoms with E-state index in [0.29, 0.717) is 16.3 Å². The zero-order chi connectivity index (χ0) is 27.7. The second-order valence-corrected chi connectivity index (χ2v) is 10.9. The summed E-state index contributed by atoms with van der Waals surface area (Å²) in [5, 5.41) is 7.16. The van der Waals surface area contributed by atoms with Crippen LogP contribution in [0, 0.1) is 6.92 Å². The van der Waals surface area contributed by atoms with Crippen molar-refractivity contribution in [1.29, 1.82) is 0 Å². The number of rotatable bonds is 11. The first-order valence-corrected chi connectivity index (χ1v) is 13.9. The molecule has 38 heavy (non-hydrogen) atoms. The number of aryl methyl sites for hydroxylation is 1. The van der Waals surface area contributed by atoms with Crippen LogP contribution in [0.15, 0.2) is 77.9 Å². The van der Waals surface area contributed by atoms with Crippen molar-refractivity contribution in [2.75, 3.05) is 23.7 Å². The van der Waals surface area contributed by atoms with Gasteiger partial charge in [0.15, 0.2) is 6.61 Å². The van der Waals surface area contributed by atoms with E-state index < -0.39 is 22.5 Å². The van der Waals surface area contributed by atoms with Crippen LogP contribution in [0.5, 0.6) is 5.75 Å². The molecule has 0 bridgehead atoms. The summed E-state index contributed by atoms with van der Waals surface area (Å²) in [5.74, 6) is -0.376. The topological polar surface area (TPSA) is 117 Å². The number of nitrogens with zero attached hydrogens (tertiary/aromatic N) is 2. The quantitative estimate of drug-likeness (QED) is 0.275. The number of hydrogen-bond acceptors (Lipinski definition) is 6. The van der Waals surface area contributed by atoms with E-state index in [1.54, 1.807) is 43.3 Å². The second-order valence-electron chi connectivity index (χ2n) is 8.55. The summed E-state index contributed by atoms with van der Waals surface area (Å²) in [6.07, 6.45) is 2.41. The molecule has 0 saturated heterocycles. The van der Waals surface area contributed by atoms with Crippen molar-refractivity contribution in [1.82, 2.24) is 10.7 Å². The van der Waals surface area contributed by atoms with E-state index in [-0.39, 0.29) is 24.2 Å². The fourth-order valence-electron chi connectivity index (χ4n) is 3.39. The fraction of sp³-hybridized carbons (Fsp3) is 0.222. The Kier molecular flexibility index (Phi) is 9.86. The molecule has 0 radical (unpaired) electrons. The number of carbonyl (C=O) groups excluding carboxylic acids is 2. The smallest absolute Gasteiger partial charge is 0.260 e. The number of hydrazone groups is 1. The standard InChI is InChI=1S/C27H29ClN4O5S/c1-19-9-12-23(15-25(19)28)32(38(3,35)36)17-26(33)31-29-16-21-10-13-24(14-11-21)37-18-27(34)30-20(2)22-7-5-4-6-8-22/h4-16,20H,17-18H2,1-3H3,(H,30,34)(H,31,33)/b29-16-/t20-/m1/s1. The maximum absolute atomic E-state index is 12.4. The third-order valence-corrected chi connectivity index (χ3v) is 7.01. The summed E-state index contributed by atoms with van der Waals surface area (Å²) in [6, 6.07) is 21.0. The number of anilines is 1. The molecule has 200 valence electrons. The molecule has 0 heterocycles. The van der Waals surface area contributed by atoms with Gasteiger partial charge in [-0.3, -0.25) is 13.9 Å². The number of nitrogens with one attached hydrogen (secondary N) is 2. The highest BCUT2D eigenvalue weighted by atomic mass is 35.5. The molecule has 3 aromatic carbocycles. The van der Waals surface area contributed by atoms with Gasteiger partial charge in [-0.1, -0.05) is 48.0 Å². The van der Waals surface area contributed by atoms with Crippen LogP contribution in [0.2, 0.25) is 5.02 Å². The molecule has 9 nitrogen and oxygen atoms in total. The Morgan fingerprint density at radius 1 is 1.05 bits per heavy atom. The summed E-state index contributed by atoms with van der Waals surface area (Å²) in [4.78, 5) is 24.6. The van der Waals surface area contributed by atoms with Crippen LogP contribution in [0.3, 0.4) is 0 Å². The summed E-state index contributed by atoms with van der Waals surface area (Å²) >= 11 is 6.11. The molecule has 1 atom stereocenters. The number of carbonyl (C=O) groups is 2. The van der Waals surface area contributed by atoms with E-state index in [1.807, 2.05) is 37.3 Å². The zero-order valence-corrected chi connectivity index (χ0v) is 22.8. The maximum atomic E-state index is 12.4.